The highest BCUT2D eigenvalue weighted by atomic mass is 32.1. The van der Waals surface area contributed by atoms with Crippen molar-refractivity contribution in [2.75, 3.05) is 0 Å². The number of hydrogen-bond acceptors (Lipinski definition) is 1. The molecule has 0 spiro atoms. The van der Waals surface area contributed by atoms with Crippen LogP contribution in [0.2, 0.25) is 19.6 Å². The monoisotopic (exact) mass is 316 g/mol. The van der Waals surface area contributed by atoms with Crippen LogP contribution in [0.4, 0.5) is 0 Å². The van der Waals surface area contributed by atoms with E-state index >= 15 is 0 Å². The zero-order valence-electron chi connectivity index (χ0n) is 14.1. The molecule has 2 aliphatic rings. The first-order chi connectivity index (χ1) is 9.72. The molecule has 3 atom stereocenters. The predicted octanol–water partition coefficient (Wildman–Crippen LogP) is 6.39. The summed E-state index contributed by atoms with van der Waals surface area (Å²) in [6, 6.07) is 4.49. The van der Waals surface area contributed by atoms with Crippen LogP contribution in [-0.4, -0.2) is 8.07 Å². The van der Waals surface area contributed by atoms with Gasteiger partial charge in [0.15, 0.2) is 0 Å². The molecule has 2 heteroatoms. The van der Waals surface area contributed by atoms with Gasteiger partial charge < -0.3 is 0 Å². The van der Waals surface area contributed by atoms with Gasteiger partial charge in [-0.1, -0.05) is 51.3 Å². The van der Waals surface area contributed by atoms with Crippen LogP contribution in [0.25, 0.3) is 5.57 Å². The van der Waals surface area contributed by atoms with Gasteiger partial charge in [-0.15, -0.1) is 11.3 Å². The van der Waals surface area contributed by atoms with Gasteiger partial charge in [0.2, 0.25) is 0 Å². The second-order valence-electron chi connectivity index (χ2n) is 8.53. The van der Waals surface area contributed by atoms with E-state index in [0.717, 1.165) is 5.92 Å². The lowest BCUT2D eigenvalue weighted by molar-refractivity contribution is 0.256. The van der Waals surface area contributed by atoms with Gasteiger partial charge in [-0.05, 0) is 59.1 Å². The van der Waals surface area contributed by atoms with Gasteiger partial charge in [0.05, 0.1) is 8.07 Å². The van der Waals surface area contributed by atoms with Crippen molar-refractivity contribution in [3.8, 4) is 0 Å². The average Bonchev–Trinajstić information content (AvgIpc) is 2.95. The minimum absolute atomic E-state index is 0.465. The summed E-state index contributed by atoms with van der Waals surface area (Å²) in [6.07, 6.45) is 4.02. The average molecular weight is 317 g/mol. The number of hydrogen-bond donors (Lipinski definition) is 0. The van der Waals surface area contributed by atoms with Crippen LogP contribution in [0.1, 0.15) is 38.0 Å². The van der Waals surface area contributed by atoms with E-state index in [0.29, 0.717) is 11.3 Å². The maximum atomic E-state index is 4.61. The van der Waals surface area contributed by atoms with Gasteiger partial charge in [-0.25, -0.2) is 0 Å². The summed E-state index contributed by atoms with van der Waals surface area (Å²) in [7, 11) is -1.32. The molecular weight excluding hydrogens is 288 g/mol. The van der Waals surface area contributed by atoms with Crippen molar-refractivity contribution in [3.63, 3.8) is 0 Å². The van der Waals surface area contributed by atoms with E-state index in [9.17, 15) is 0 Å². The molecule has 0 saturated heterocycles. The molecule has 0 N–H and O–H groups in total. The molecule has 0 bridgehead atoms. The molecule has 21 heavy (non-hydrogen) atoms. The molecule has 1 heterocycles. The van der Waals surface area contributed by atoms with E-state index in [1.54, 1.807) is 10.8 Å². The second kappa shape index (κ2) is 4.96. The van der Waals surface area contributed by atoms with Crippen LogP contribution in [0.3, 0.4) is 0 Å². The van der Waals surface area contributed by atoms with E-state index in [1.807, 2.05) is 11.3 Å². The Balaban J connectivity index is 2.16. The normalized spacial score (nSPS) is 33.5. The summed E-state index contributed by atoms with van der Waals surface area (Å²) >= 11 is 1.89. The minimum Gasteiger partial charge on any atom is -0.144 e. The van der Waals surface area contributed by atoms with Gasteiger partial charge in [0.1, 0.15) is 0 Å². The highest BCUT2D eigenvalue weighted by Gasteiger charge is 2.49. The molecule has 3 rings (SSSR count). The summed E-state index contributed by atoms with van der Waals surface area (Å²) in [6.45, 7) is 17.1. The molecule has 1 aromatic heterocycles. The molecule has 1 aromatic rings. The Morgan fingerprint density at radius 2 is 2.05 bits per heavy atom. The summed E-state index contributed by atoms with van der Waals surface area (Å²) in [5.74, 6) is 1.55. The Morgan fingerprint density at radius 3 is 2.62 bits per heavy atom. The maximum absolute atomic E-state index is 4.61. The Labute approximate surface area is 135 Å². The summed E-state index contributed by atoms with van der Waals surface area (Å²) in [5, 5.41) is 3.98. The van der Waals surface area contributed by atoms with E-state index in [1.165, 1.54) is 29.7 Å². The highest BCUT2D eigenvalue weighted by molar-refractivity contribution is 7.11. The van der Waals surface area contributed by atoms with Crippen LogP contribution in [0.5, 0.6) is 0 Å². The van der Waals surface area contributed by atoms with Crippen molar-refractivity contribution in [1.82, 2.24) is 0 Å². The lowest BCUT2D eigenvalue weighted by atomic mass is 9.67. The van der Waals surface area contributed by atoms with Crippen LogP contribution >= 0.6 is 11.3 Å². The van der Waals surface area contributed by atoms with Gasteiger partial charge in [-0.2, -0.15) is 0 Å². The van der Waals surface area contributed by atoms with Crippen molar-refractivity contribution in [2.45, 2.75) is 52.8 Å². The maximum Gasteiger partial charge on any atom is 0.0733 e. The van der Waals surface area contributed by atoms with E-state index in [2.05, 4.69) is 57.6 Å². The quantitative estimate of drug-likeness (QED) is 0.554. The lowest BCUT2D eigenvalue weighted by Crippen LogP contribution is -2.36. The van der Waals surface area contributed by atoms with Crippen molar-refractivity contribution in [3.05, 3.63) is 39.7 Å². The first-order valence-electron chi connectivity index (χ1n) is 8.19. The van der Waals surface area contributed by atoms with Gasteiger partial charge in [0.25, 0.3) is 0 Å². The van der Waals surface area contributed by atoms with Crippen molar-refractivity contribution >= 4 is 25.0 Å². The molecule has 0 unspecified atom stereocenters. The molecule has 0 aromatic carbocycles. The number of allylic oxidation sites excluding steroid dienone is 3. The molecule has 114 valence electrons. The topological polar surface area (TPSA) is 0 Å². The molecule has 0 radical (unpaired) electrons. The van der Waals surface area contributed by atoms with E-state index < -0.39 is 8.07 Å². The van der Waals surface area contributed by atoms with Crippen molar-refractivity contribution in [2.24, 2.45) is 17.3 Å². The third kappa shape index (κ3) is 2.51. The largest absolute Gasteiger partial charge is 0.144 e. The molecule has 2 aliphatic carbocycles. The van der Waals surface area contributed by atoms with Crippen molar-refractivity contribution in [1.29, 1.82) is 0 Å². The summed E-state index contributed by atoms with van der Waals surface area (Å²) in [4.78, 5) is 1.46. The molecular formula is C19H28SSi. The van der Waals surface area contributed by atoms with Crippen molar-refractivity contribution < 1.29 is 0 Å². The molecule has 0 aliphatic heterocycles. The first kappa shape index (κ1) is 15.3. The zero-order valence-corrected chi connectivity index (χ0v) is 15.9. The Kier molecular flexibility index (Phi) is 3.61. The first-order valence-corrected chi connectivity index (χ1v) is 12.6. The Bertz CT molecular complexity index is 588. The fraction of sp³-hybridized carbons (Fsp3) is 0.579. The minimum atomic E-state index is -1.32. The summed E-state index contributed by atoms with van der Waals surface area (Å²) in [5.41, 5.74) is 3.47. The number of thiophene rings is 1. The zero-order chi connectivity index (χ0) is 15.4. The molecule has 0 amide bonds. The smallest absolute Gasteiger partial charge is 0.0733 e. The number of rotatable bonds is 2. The van der Waals surface area contributed by atoms with Crippen LogP contribution < -0.4 is 0 Å². The fourth-order valence-corrected chi connectivity index (χ4v) is 7.60. The van der Waals surface area contributed by atoms with Crippen LogP contribution in [0, 0.1) is 17.3 Å². The van der Waals surface area contributed by atoms with E-state index in [-0.39, 0.29) is 0 Å². The van der Waals surface area contributed by atoms with Gasteiger partial charge in [0, 0.05) is 4.88 Å². The molecule has 1 fully saturated rings. The predicted molar refractivity (Wildman–Crippen MR) is 98.3 cm³/mol. The van der Waals surface area contributed by atoms with Crippen LogP contribution in [-0.2, 0) is 0 Å². The van der Waals surface area contributed by atoms with Gasteiger partial charge in [-0.3, -0.25) is 0 Å². The highest BCUT2D eigenvalue weighted by Crippen LogP contribution is 2.60. The van der Waals surface area contributed by atoms with Gasteiger partial charge >= 0.3 is 0 Å². The molecule has 0 nitrogen and oxygen atoms in total. The number of fused-ring (bicyclic) bond motifs is 1. The third-order valence-electron chi connectivity index (χ3n) is 5.59. The van der Waals surface area contributed by atoms with Crippen LogP contribution in [0.15, 0.2) is 34.9 Å². The summed E-state index contributed by atoms with van der Waals surface area (Å²) < 4.78 is 0. The second-order valence-corrected chi connectivity index (χ2v) is 14.6. The van der Waals surface area contributed by atoms with E-state index in [4.69, 9.17) is 0 Å². The Hall–Kier alpha value is -0.603. The third-order valence-corrected chi connectivity index (χ3v) is 8.72. The SMILES string of the molecule is C=C1C(c2cccs2)=C([Si](C)(C)C)C[C@@]2(C)C[C@@H](C)C[C@H]12. The lowest BCUT2D eigenvalue weighted by Gasteiger charge is -2.43. The Morgan fingerprint density at radius 1 is 1.33 bits per heavy atom. The molecule has 1 saturated carbocycles. The fourth-order valence-electron chi connectivity index (χ4n) is 4.69. The standard InChI is InChI=1S/C19H28SSi/c1-13-10-15-14(2)18(16-8-7-9-20-16)17(21(4,5)6)12-19(15,3)11-13/h7-9,13,15H,2,10-12H2,1,3-6H3/t13-,15+,19+/m0/s1.